The van der Waals surface area contributed by atoms with E-state index in [2.05, 4.69) is 26.5 Å². The molecule has 0 saturated heterocycles. The summed E-state index contributed by atoms with van der Waals surface area (Å²) >= 11 is 3.32. The summed E-state index contributed by atoms with van der Waals surface area (Å²) in [5, 5.41) is 5.10. The molecule has 3 aromatic heterocycles. The van der Waals surface area contributed by atoms with Gasteiger partial charge in [-0.25, -0.2) is 9.97 Å². The van der Waals surface area contributed by atoms with Crippen molar-refractivity contribution in [3.63, 3.8) is 0 Å². The quantitative estimate of drug-likeness (QED) is 0.511. The molecular weight excluding hydrogens is 366 g/mol. The molecule has 0 unspecified atom stereocenters. The van der Waals surface area contributed by atoms with Crippen LogP contribution in [0.5, 0.6) is 0 Å². The molecule has 3 heterocycles. The number of thioether (sulfide) groups is 1. The first-order valence-corrected chi connectivity index (χ1v) is 10.6. The molecule has 0 bridgehead atoms. The molecule has 0 spiro atoms. The van der Waals surface area contributed by atoms with Crippen molar-refractivity contribution in [2.24, 2.45) is 0 Å². The molecule has 6 nitrogen and oxygen atoms in total. The highest BCUT2D eigenvalue weighted by atomic mass is 32.2. The van der Waals surface area contributed by atoms with E-state index in [1.165, 1.54) is 0 Å². The van der Waals surface area contributed by atoms with Crippen LogP contribution < -0.4 is 5.32 Å². The smallest absolute Gasteiger partial charge is 0.226 e. The number of hydrogen-bond donors (Lipinski definition) is 2. The van der Waals surface area contributed by atoms with Gasteiger partial charge in [-0.1, -0.05) is 12.1 Å². The lowest BCUT2D eigenvalue weighted by Crippen LogP contribution is -2.31. The van der Waals surface area contributed by atoms with E-state index in [4.69, 9.17) is 0 Å². The van der Waals surface area contributed by atoms with Crippen LogP contribution in [0.1, 0.15) is 24.0 Å². The minimum Gasteiger partial charge on any atom is -0.346 e. The number of hydrogen-bond acceptors (Lipinski definition) is 5. The van der Waals surface area contributed by atoms with Gasteiger partial charge in [0.2, 0.25) is 5.91 Å². The second-order valence-electron chi connectivity index (χ2n) is 6.04. The number of H-pyrrole nitrogens is 1. The van der Waals surface area contributed by atoms with Gasteiger partial charge in [-0.05, 0) is 30.6 Å². The summed E-state index contributed by atoms with van der Waals surface area (Å²) in [6, 6.07) is 7.78. The van der Waals surface area contributed by atoms with Crippen molar-refractivity contribution in [1.82, 2.24) is 24.7 Å². The van der Waals surface area contributed by atoms with Gasteiger partial charge in [0.1, 0.15) is 5.82 Å². The SMILES string of the molecule is CSCC[C@@H](NC(=O)Cc1cn2ccsc2n1)c1nc2ccccc2[nH]1. The summed E-state index contributed by atoms with van der Waals surface area (Å²) in [5.74, 6) is 1.71. The van der Waals surface area contributed by atoms with Crippen molar-refractivity contribution in [1.29, 1.82) is 0 Å². The first-order valence-electron chi connectivity index (χ1n) is 8.37. The van der Waals surface area contributed by atoms with Crippen LogP contribution in [0.2, 0.25) is 0 Å². The van der Waals surface area contributed by atoms with Crippen molar-refractivity contribution < 1.29 is 4.79 Å². The number of fused-ring (bicyclic) bond motifs is 2. The predicted octanol–water partition coefficient (Wildman–Crippen LogP) is 3.43. The van der Waals surface area contributed by atoms with Gasteiger partial charge in [-0.2, -0.15) is 11.8 Å². The largest absolute Gasteiger partial charge is 0.346 e. The van der Waals surface area contributed by atoms with Gasteiger partial charge in [0.15, 0.2) is 4.96 Å². The number of rotatable bonds is 7. The number of carbonyl (C=O) groups is 1. The van der Waals surface area contributed by atoms with Crippen molar-refractivity contribution >= 4 is 45.0 Å². The molecule has 1 atom stereocenters. The molecular formula is C18H19N5OS2. The first kappa shape index (κ1) is 17.1. The highest BCUT2D eigenvalue weighted by molar-refractivity contribution is 7.98. The zero-order chi connectivity index (χ0) is 17.9. The van der Waals surface area contributed by atoms with Crippen molar-refractivity contribution in [2.45, 2.75) is 18.9 Å². The normalized spacial score (nSPS) is 12.7. The van der Waals surface area contributed by atoms with Crippen LogP contribution in [0.3, 0.4) is 0 Å². The summed E-state index contributed by atoms with van der Waals surface area (Å²) in [5.41, 5.74) is 2.68. The number of aromatic amines is 1. The van der Waals surface area contributed by atoms with Crippen molar-refractivity contribution in [2.75, 3.05) is 12.0 Å². The lowest BCUT2D eigenvalue weighted by atomic mass is 10.2. The van der Waals surface area contributed by atoms with Crippen LogP contribution in [0.15, 0.2) is 42.0 Å². The maximum Gasteiger partial charge on any atom is 0.226 e. The second kappa shape index (κ2) is 7.51. The fraction of sp³-hybridized carbons (Fsp3) is 0.278. The van der Waals surface area contributed by atoms with E-state index in [9.17, 15) is 4.79 Å². The average molecular weight is 386 g/mol. The second-order valence-corrected chi connectivity index (χ2v) is 7.90. The van der Waals surface area contributed by atoms with Crippen LogP contribution in [0.4, 0.5) is 0 Å². The summed E-state index contributed by atoms with van der Waals surface area (Å²) in [7, 11) is 0. The van der Waals surface area contributed by atoms with E-state index in [0.29, 0.717) is 0 Å². The third-order valence-corrected chi connectivity index (χ3v) is 5.58. The fourth-order valence-electron chi connectivity index (χ4n) is 2.92. The topological polar surface area (TPSA) is 75.1 Å². The fourth-order valence-corrected chi connectivity index (χ4v) is 4.11. The van der Waals surface area contributed by atoms with Crippen LogP contribution in [0, 0.1) is 0 Å². The zero-order valence-corrected chi connectivity index (χ0v) is 15.9. The molecule has 8 heteroatoms. The molecule has 26 heavy (non-hydrogen) atoms. The Labute approximate surface area is 159 Å². The van der Waals surface area contributed by atoms with E-state index in [0.717, 1.165) is 39.7 Å². The number of carbonyl (C=O) groups excluding carboxylic acids is 1. The third kappa shape index (κ3) is 3.61. The molecule has 0 aliphatic heterocycles. The molecule has 0 radical (unpaired) electrons. The molecule has 134 valence electrons. The molecule has 0 saturated carbocycles. The summed E-state index contributed by atoms with van der Waals surface area (Å²) < 4.78 is 1.94. The van der Waals surface area contributed by atoms with Gasteiger partial charge in [-0.3, -0.25) is 9.20 Å². The average Bonchev–Trinajstić information content (AvgIpc) is 3.32. The van der Waals surface area contributed by atoms with E-state index in [-0.39, 0.29) is 18.4 Å². The van der Waals surface area contributed by atoms with E-state index >= 15 is 0 Å². The van der Waals surface area contributed by atoms with E-state index in [1.54, 1.807) is 23.1 Å². The van der Waals surface area contributed by atoms with Gasteiger partial charge in [0.05, 0.1) is 29.2 Å². The number of nitrogens with one attached hydrogen (secondary N) is 2. The Morgan fingerprint density at radius 3 is 3.08 bits per heavy atom. The Bertz CT molecular complexity index is 973. The molecule has 0 aliphatic carbocycles. The van der Waals surface area contributed by atoms with Crippen molar-refractivity contribution in [3.8, 4) is 0 Å². The molecule has 0 aliphatic rings. The Balaban J connectivity index is 1.50. The maximum absolute atomic E-state index is 12.6. The number of nitrogens with zero attached hydrogens (tertiary/aromatic N) is 3. The highest BCUT2D eigenvalue weighted by Crippen LogP contribution is 2.20. The van der Waals surface area contributed by atoms with E-state index in [1.807, 2.05) is 46.4 Å². The Kier molecular flexibility index (Phi) is 4.94. The number of amides is 1. The number of aromatic nitrogens is 4. The van der Waals surface area contributed by atoms with E-state index < -0.39 is 0 Å². The standard InChI is InChI=1S/C18H19N5OS2/c1-25-8-6-15(17-21-13-4-2-3-5-14(13)22-17)20-16(24)10-12-11-23-7-9-26-18(23)19-12/h2-5,7,9,11,15H,6,8,10H2,1H3,(H,20,24)(H,21,22)/t15-/m1/s1. The molecule has 4 rings (SSSR count). The Morgan fingerprint density at radius 1 is 1.38 bits per heavy atom. The van der Waals surface area contributed by atoms with Gasteiger partial charge >= 0.3 is 0 Å². The van der Waals surface area contributed by atoms with Crippen LogP contribution in [-0.2, 0) is 11.2 Å². The van der Waals surface area contributed by atoms with Gasteiger partial charge in [-0.15, -0.1) is 11.3 Å². The number of imidazole rings is 2. The lowest BCUT2D eigenvalue weighted by Gasteiger charge is -2.16. The van der Waals surface area contributed by atoms with Gasteiger partial charge in [0, 0.05) is 17.8 Å². The molecule has 2 N–H and O–H groups in total. The highest BCUT2D eigenvalue weighted by Gasteiger charge is 2.19. The Hall–Kier alpha value is -2.32. The predicted molar refractivity (Wildman–Crippen MR) is 107 cm³/mol. The molecule has 0 fully saturated rings. The van der Waals surface area contributed by atoms with Crippen LogP contribution >= 0.6 is 23.1 Å². The van der Waals surface area contributed by atoms with Gasteiger partial charge < -0.3 is 10.3 Å². The number of thiazole rings is 1. The van der Waals surface area contributed by atoms with Gasteiger partial charge in [0.25, 0.3) is 0 Å². The number of para-hydroxylation sites is 2. The lowest BCUT2D eigenvalue weighted by molar-refractivity contribution is -0.121. The monoisotopic (exact) mass is 385 g/mol. The minimum atomic E-state index is -0.133. The summed E-state index contributed by atoms with van der Waals surface area (Å²) in [6.07, 6.45) is 7.01. The third-order valence-electron chi connectivity index (χ3n) is 4.17. The first-order chi connectivity index (χ1) is 12.7. The van der Waals surface area contributed by atoms with Crippen LogP contribution in [0.25, 0.3) is 16.0 Å². The molecule has 1 amide bonds. The summed E-state index contributed by atoms with van der Waals surface area (Å²) in [6.45, 7) is 0. The maximum atomic E-state index is 12.6. The van der Waals surface area contributed by atoms with Crippen LogP contribution in [-0.4, -0.2) is 37.3 Å². The van der Waals surface area contributed by atoms with Crippen molar-refractivity contribution in [3.05, 3.63) is 53.6 Å². The molecule has 1 aromatic carbocycles. The molecule has 4 aromatic rings. The minimum absolute atomic E-state index is 0.0395. The summed E-state index contributed by atoms with van der Waals surface area (Å²) in [4.78, 5) is 25.9. The number of benzene rings is 1. The zero-order valence-electron chi connectivity index (χ0n) is 14.3. The Morgan fingerprint density at radius 2 is 2.27 bits per heavy atom.